The Morgan fingerprint density at radius 3 is 2.56 bits per heavy atom. The number of anilines is 2. The second-order valence-corrected chi connectivity index (χ2v) is 13.0. The molecule has 0 bridgehead atoms. The Hall–Kier alpha value is -2.96. The van der Waals surface area contributed by atoms with Crippen LogP contribution in [-0.4, -0.2) is 51.6 Å². The summed E-state index contributed by atoms with van der Waals surface area (Å²) in [6, 6.07) is 10.7. The first-order valence-corrected chi connectivity index (χ1v) is 15.0. The maximum atomic E-state index is 13.7. The summed E-state index contributed by atoms with van der Waals surface area (Å²) in [6.07, 6.45) is 3.04. The maximum absolute atomic E-state index is 13.7. The molecule has 36 heavy (non-hydrogen) atoms. The van der Waals surface area contributed by atoms with E-state index in [1.165, 1.54) is 12.1 Å². The third-order valence-corrected chi connectivity index (χ3v) is 8.83. The van der Waals surface area contributed by atoms with Crippen molar-refractivity contribution in [3.05, 3.63) is 53.1 Å². The number of sulfonamides is 2. The van der Waals surface area contributed by atoms with E-state index in [1.54, 1.807) is 17.0 Å². The first-order chi connectivity index (χ1) is 16.9. The highest BCUT2D eigenvalue weighted by atomic mass is 35.5. The van der Waals surface area contributed by atoms with Crippen molar-refractivity contribution in [1.29, 1.82) is 0 Å². The van der Waals surface area contributed by atoms with Crippen LogP contribution in [0.3, 0.4) is 0 Å². The van der Waals surface area contributed by atoms with E-state index < -0.39 is 37.8 Å². The molecule has 2 aromatic rings. The van der Waals surface area contributed by atoms with Gasteiger partial charge < -0.3 is 10.2 Å². The highest BCUT2D eigenvalue weighted by Gasteiger charge is 2.52. The number of hydrogen-bond acceptors (Lipinski definition) is 7. The van der Waals surface area contributed by atoms with Crippen molar-refractivity contribution in [2.24, 2.45) is 16.2 Å². The summed E-state index contributed by atoms with van der Waals surface area (Å²) in [5.74, 6) is -2.87. The second-order valence-electron chi connectivity index (χ2n) is 9.19. The molecule has 1 saturated carbocycles. The number of nitrogens with zero attached hydrogens (tertiary/aromatic N) is 2. The Morgan fingerprint density at radius 2 is 1.86 bits per heavy atom. The zero-order valence-electron chi connectivity index (χ0n) is 19.1. The average Bonchev–Trinajstić information content (AvgIpc) is 3.27. The minimum absolute atomic E-state index is 0.0491. The minimum atomic E-state index is -4.32. The third kappa shape index (κ3) is 4.60. The molecule has 190 valence electrons. The number of carbonyl (C=O) groups is 2. The minimum Gasteiger partial charge on any atom is -0.341 e. The lowest BCUT2D eigenvalue weighted by molar-refractivity contribution is -0.149. The summed E-state index contributed by atoms with van der Waals surface area (Å²) in [5.41, 5.74) is 0.999. The quantitative estimate of drug-likeness (QED) is 0.545. The van der Waals surface area contributed by atoms with Gasteiger partial charge in [0.1, 0.15) is 10.7 Å². The fourth-order valence-electron chi connectivity index (χ4n) is 5.12. The number of likely N-dealkylation sites (tertiary alicyclic amines) is 1. The first-order valence-electron chi connectivity index (χ1n) is 11.3. The second kappa shape index (κ2) is 8.86. The lowest BCUT2D eigenvalue weighted by atomic mass is 9.81. The number of Topliss-reactive ketones (excluding diaryl/α,β-unsaturated/α-hetero) is 1. The van der Waals surface area contributed by atoms with Gasteiger partial charge in [-0.1, -0.05) is 30.2 Å². The topological polar surface area (TPSA) is 142 Å². The molecule has 2 fully saturated rings. The molecule has 3 aliphatic rings. The Bertz CT molecular complexity index is 1510. The molecule has 10 nitrogen and oxygen atoms in total. The molecule has 1 aliphatic carbocycles. The number of halogens is 1. The maximum Gasteiger partial charge on any atom is 0.286 e. The van der Waals surface area contributed by atoms with Gasteiger partial charge in [0.15, 0.2) is 11.7 Å². The van der Waals surface area contributed by atoms with Gasteiger partial charge in [-0.05, 0) is 48.7 Å². The van der Waals surface area contributed by atoms with Crippen molar-refractivity contribution in [3.63, 3.8) is 0 Å². The summed E-state index contributed by atoms with van der Waals surface area (Å²) >= 11 is 5.99. The molecule has 1 saturated heterocycles. The molecule has 0 radical (unpaired) electrons. The molecule has 13 heteroatoms. The van der Waals surface area contributed by atoms with E-state index in [9.17, 15) is 26.4 Å². The molecule has 2 heterocycles. The van der Waals surface area contributed by atoms with Crippen LogP contribution in [0.2, 0.25) is 5.02 Å². The molecule has 1 amide bonds. The lowest BCUT2D eigenvalue weighted by Crippen LogP contribution is -2.58. The zero-order chi connectivity index (χ0) is 25.8. The van der Waals surface area contributed by atoms with Crippen molar-refractivity contribution < 1.29 is 26.4 Å². The molecule has 5 rings (SSSR count). The van der Waals surface area contributed by atoms with Crippen LogP contribution < -0.4 is 10.0 Å². The van der Waals surface area contributed by atoms with Gasteiger partial charge in [-0.15, -0.1) is 4.40 Å². The predicted octanol–water partition coefficient (Wildman–Crippen LogP) is 2.62. The van der Waals surface area contributed by atoms with E-state index >= 15 is 0 Å². The lowest BCUT2D eigenvalue weighted by Gasteiger charge is -2.41. The monoisotopic (exact) mass is 550 g/mol. The molecule has 0 spiro atoms. The SMILES string of the molecule is CS(=O)(=O)Nc1ccc2c(c1)S(=O)(=O)N=C(C1C(=O)C3CCCC3N(Cc3ccc(Cl)cc3)C1=O)N2. The number of ketones is 1. The molecular formula is C23H23ClN4O6S2. The summed E-state index contributed by atoms with van der Waals surface area (Å²) in [5, 5.41) is 3.42. The normalized spacial score (nSPS) is 25.0. The van der Waals surface area contributed by atoms with Crippen LogP contribution in [0, 0.1) is 11.8 Å². The number of amides is 1. The standard InChI is InChI=1S/C23H23ClN4O6S2/c1-35(31,32)26-15-9-10-17-19(11-15)36(33,34)27-22(25-17)20-21(29)16-3-2-4-18(16)28(23(20)30)12-13-5-7-14(24)8-6-13/h5-11,16,18,20,26H,2-4,12H2,1H3,(H,25,27). The Labute approximate surface area is 213 Å². The van der Waals surface area contributed by atoms with Gasteiger partial charge in [0.05, 0.1) is 11.9 Å². The highest BCUT2D eigenvalue weighted by molar-refractivity contribution is 7.92. The average molecular weight is 551 g/mol. The van der Waals surface area contributed by atoms with Crippen LogP contribution in [0.1, 0.15) is 24.8 Å². The summed E-state index contributed by atoms with van der Waals surface area (Å²) in [6.45, 7) is 0.262. The predicted molar refractivity (Wildman–Crippen MR) is 135 cm³/mol. The Balaban J connectivity index is 1.50. The van der Waals surface area contributed by atoms with E-state index in [0.717, 1.165) is 24.3 Å². The molecule has 3 unspecified atom stereocenters. The molecular weight excluding hydrogens is 528 g/mol. The number of rotatable bonds is 5. The van der Waals surface area contributed by atoms with Gasteiger partial charge in [-0.3, -0.25) is 14.3 Å². The van der Waals surface area contributed by atoms with Gasteiger partial charge >= 0.3 is 0 Å². The van der Waals surface area contributed by atoms with E-state index in [4.69, 9.17) is 11.6 Å². The Morgan fingerprint density at radius 1 is 1.14 bits per heavy atom. The fraction of sp³-hybridized carbons (Fsp3) is 0.348. The number of hydrogen-bond donors (Lipinski definition) is 2. The summed E-state index contributed by atoms with van der Waals surface area (Å²) < 4.78 is 55.2. The van der Waals surface area contributed by atoms with Crippen LogP contribution in [0.15, 0.2) is 51.8 Å². The van der Waals surface area contributed by atoms with E-state index in [1.807, 2.05) is 12.1 Å². The zero-order valence-corrected chi connectivity index (χ0v) is 21.5. The van der Waals surface area contributed by atoms with Crippen molar-refractivity contribution in [2.75, 3.05) is 16.3 Å². The number of nitrogens with one attached hydrogen (secondary N) is 2. The number of amidine groups is 1. The van der Waals surface area contributed by atoms with Crippen molar-refractivity contribution >= 4 is 60.5 Å². The number of benzene rings is 2. The van der Waals surface area contributed by atoms with Crippen molar-refractivity contribution in [2.45, 2.75) is 36.7 Å². The van der Waals surface area contributed by atoms with Crippen LogP contribution in [0.4, 0.5) is 11.4 Å². The summed E-state index contributed by atoms with van der Waals surface area (Å²) in [4.78, 5) is 28.5. The van der Waals surface area contributed by atoms with Crippen LogP contribution >= 0.6 is 11.6 Å². The van der Waals surface area contributed by atoms with Gasteiger partial charge in [0.25, 0.3) is 10.0 Å². The van der Waals surface area contributed by atoms with Crippen LogP contribution in [0.5, 0.6) is 0 Å². The molecule has 2 aliphatic heterocycles. The van der Waals surface area contributed by atoms with E-state index in [0.29, 0.717) is 17.9 Å². The van der Waals surface area contributed by atoms with Gasteiger partial charge in [-0.2, -0.15) is 8.42 Å². The molecule has 3 atom stereocenters. The molecule has 2 aromatic carbocycles. The van der Waals surface area contributed by atoms with Crippen LogP contribution in [0.25, 0.3) is 0 Å². The smallest absolute Gasteiger partial charge is 0.286 e. The number of carbonyl (C=O) groups excluding carboxylic acids is 2. The van der Waals surface area contributed by atoms with Crippen molar-refractivity contribution in [1.82, 2.24) is 4.90 Å². The molecule has 2 N–H and O–H groups in total. The third-order valence-electron chi connectivity index (χ3n) is 6.64. The van der Waals surface area contributed by atoms with Crippen LogP contribution in [-0.2, 0) is 36.2 Å². The van der Waals surface area contributed by atoms with Crippen molar-refractivity contribution in [3.8, 4) is 0 Å². The highest BCUT2D eigenvalue weighted by Crippen LogP contribution is 2.40. The number of fused-ring (bicyclic) bond motifs is 2. The van der Waals surface area contributed by atoms with Gasteiger partial charge in [0.2, 0.25) is 15.9 Å². The Kier molecular flexibility index (Phi) is 6.08. The number of piperidine rings is 1. The first kappa shape index (κ1) is 24.7. The van der Waals surface area contributed by atoms with Gasteiger partial charge in [0, 0.05) is 29.2 Å². The summed E-state index contributed by atoms with van der Waals surface area (Å²) in [7, 11) is -7.95. The van der Waals surface area contributed by atoms with E-state index in [-0.39, 0.29) is 40.5 Å². The van der Waals surface area contributed by atoms with E-state index in [2.05, 4.69) is 14.4 Å². The fourth-order valence-corrected chi connectivity index (χ4v) is 6.99. The van der Waals surface area contributed by atoms with Gasteiger partial charge in [-0.25, -0.2) is 8.42 Å². The largest absolute Gasteiger partial charge is 0.341 e. The molecule has 0 aromatic heterocycles.